The molecule has 0 aliphatic carbocycles. The number of nitrogens with zero attached hydrogens (tertiary/aromatic N) is 2. The number of unbranched alkanes of at least 4 members (excludes halogenated alkanes) is 1. The molecule has 1 saturated heterocycles. The van der Waals surface area contributed by atoms with Crippen molar-refractivity contribution in [2.75, 3.05) is 39.8 Å². The van der Waals surface area contributed by atoms with Gasteiger partial charge in [-0.3, -0.25) is 4.90 Å². The van der Waals surface area contributed by atoms with Crippen LogP contribution in [0, 0.1) is 18.8 Å². The first-order valence-corrected chi connectivity index (χ1v) is 6.02. The van der Waals surface area contributed by atoms with Crippen LogP contribution in [0.1, 0.15) is 19.8 Å². The maximum Gasteiger partial charge on any atom is 1.00 e. The van der Waals surface area contributed by atoms with Gasteiger partial charge >= 0.3 is 24.8 Å². The number of aliphatic carboxylic acids is 1. The van der Waals surface area contributed by atoms with Gasteiger partial charge in [-0.1, -0.05) is 19.3 Å². The van der Waals surface area contributed by atoms with Gasteiger partial charge in [-0.15, -0.1) is 0 Å². The van der Waals surface area contributed by atoms with E-state index in [9.17, 15) is 4.79 Å². The Bertz CT molecular complexity index is 264. The van der Waals surface area contributed by atoms with E-state index in [-0.39, 0.29) is 18.9 Å². The van der Waals surface area contributed by atoms with Gasteiger partial charge in [0.05, 0.1) is 6.54 Å². The number of hydrogen-bond acceptors (Lipinski definition) is 3. The summed E-state index contributed by atoms with van der Waals surface area (Å²) in [6.07, 6.45) is 2.28. The fraction of sp³-hybridized carbons (Fsp3) is 0.692. The van der Waals surface area contributed by atoms with Crippen LogP contribution in [-0.4, -0.2) is 60.6 Å². The summed E-state index contributed by atoms with van der Waals surface area (Å²) < 4.78 is 0. The number of carboxylic acids is 1. The Labute approximate surface area is 123 Å². The number of likely N-dealkylation sites (N-methyl/N-ethyl adjacent to an activating group) is 1. The summed E-state index contributed by atoms with van der Waals surface area (Å²) in [5.74, 6) is 3.70. The molecule has 5 heteroatoms. The molecular weight excluding hydrogens is 223 g/mol. The van der Waals surface area contributed by atoms with E-state index in [4.69, 9.17) is 5.11 Å². The van der Waals surface area contributed by atoms with Crippen molar-refractivity contribution < 1.29 is 28.8 Å². The van der Waals surface area contributed by atoms with Gasteiger partial charge in [0.15, 0.2) is 0 Å². The summed E-state index contributed by atoms with van der Waals surface area (Å²) in [4.78, 5) is 14.5. The first-order chi connectivity index (χ1) is 8.10. The number of carboxylic acid groups (broad SMARTS) is 1. The zero-order chi connectivity index (χ0) is 13.1. The van der Waals surface area contributed by atoms with E-state index in [1.54, 1.807) is 0 Å². The molecule has 1 rings (SSSR count). The molecule has 0 saturated carbocycles. The molecule has 0 bridgehead atoms. The summed E-state index contributed by atoms with van der Waals surface area (Å²) in [5.41, 5.74) is 0. The third-order valence-corrected chi connectivity index (χ3v) is 2.45. The van der Waals surface area contributed by atoms with Crippen molar-refractivity contribution in [3.63, 3.8) is 0 Å². The minimum Gasteiger partial charge on any atom is -0.472 e. The van der Waals surface area contributed by atoms with Crippen LogP contribution in [-0.2, 0) is 4.79 Å². The Hall–Kier alpha value is -0.453. The summed E-state index contributed by atoms with van der Waals surface area (Å²) >= 11 is 0. The molecule has 0 spiro atoms. The molecule has 0 atom stereocenters. The summed E-state index contributed by atoms with van der Waals surface area (Å²) in [6, 6.07) is 0. The van der Waals surface area contributed by atoms with Crippen molar-refractivity contribution in [2.24, 2.45) is 0 Å². The Kier molecular flexibility index (Phi) is 14.3. The quantitative estimate of drug-likeness (QED) is 0.346. The summed E-state index contributed by atoms with van der Waals surface area (Å²) in [7, 11) is 2.08. The van der Waals surface area contributed by atoms with Gasteiger partial charge in [0.2, 0.25) is 0 Å². The fourth-order valence-electron chi connectivity index (χ4n) is 1.23. The van der Waals surface area contributed by atoms with Crippen molar-refractivity contribution in [1.82, 2.24) is 9.80 Å². The van der Waals surface area contributed by atoms with E-state index in [0.717, 1.165) is 32.6 Å². The number of hydrogen-bond donors (Lipinski definition) is 1. The van der Waals surface area contributed by atoms with Crippen molar-refractivity contribution in [1.29, 1.82) is 0 Å². The molecule has 1 aliphatic heterocycles. The second kappa shape index (κ2) is 13.0. The first-order valence-electron chi connectivity index (χ1n) is 6.02. The summed E-state index contributed by atoms with van der Waals surface area (Å²) in [6.45, 7) is 10.3. The van der Waals surface area contributed by atoms with Gasteiger partial charge in [0.25, 0.3) is 0 Å². The molecule has 4 nitrogen and oxygen atoms in total. The molecule has 1 heterocycles. The average Bonchev–Trinajstić information content (AvgIpc) is 2.32. The Morgan fingerprint density at radius 3 is 2.22 bits per heavy atom. The molecule has 18 heavy (non-hydrogen) atoms. The number of rotatable bonds is 2. The Morgan fingerprint density at radius 1 is 1.33 bits per heavy atom. The van der Waals surface area contributed by atoms with E-state index in [0.29, 0.717) is 6.54 Å². The maximum absolute atomic E-state index is 10.1. The van der Waals surface area contributed by atoms with Crippen LogP contribution in [0.2, 0.25) is 0 Å². The van der Waals surface area contributed by atoms with E-state index >= 15 is 0 Å². The molecule has 98 valence electrons. The second-order valence-corrected chi connectivity index (χ2v) is 4.04. The maximum atomic E-state index is 10.1. The standard InChI is InChI=1S/C9H14N2O2.C4H9.Li/c1-10-5-7-11(8-6-10)4-2-3-9(12)13;1-3-4-2;/h4-8H2,1H3,(H,12,13);1,3-4H2,2H3;/q;-1;+1. The molecule has 0 radical (unpaired) electrons. The van der Waals surface area contributed by atoms with Crippen molar-refractivity contribution in [3.8, 4) is 11.8 Å². The van der Waals surface area contributed by atoms with E-state index in [1.165, 1.54) is 6.42 Å². The molecule has 0 amide bonds. The van der Waals surface area contributed by atoms with Crippen LogP contribution >= 0.6 is 0 Å². The molecule has 0 unspecified atom stereocenters. The predicted molar refractivity (Wildman–Crippen MR) is 69.6 cm³/mol. The van der Waals surface area contributed by atoms with Crippen molar-refractivity contribution >= 4 is 5.97 Å². The fourth-order valence-corrected chi connectivity index (χ4v) is 1.23. The Balaban J connectivity index is 0. The van der Waals surface area contributed by atoms with Crippen molar-refractivity contribution in [2.45, 2.75) is 19.8 Å². The van der Waals surface area contributed by atoms with Gasteiger partial charge < -0.3 is 16.9 Å². The van der Waals surface area contributed by atoms with Crippen molar-refractivity contribution in [3.05, 3.63) is 6.92 Å². The molecule has 1 fully saturated rings. The zero-order valence-corrected chi connectivity index (χ0v) is 11.9. The molecule has 1 N–H and O–H groups in total. The number of carbonyl (C=O) groups is 1. The largest absolute Gasteiger partial charge is 1.00 e. The Morgan fingerprint density at radius 2 is 1.83 bits per heavy atom. The predicted octanol–water partition coefficient (Wildman–Crippen LogP) is -2.05. The summed E-state index contributed by atoms with van der Waals surface area (Å²) in [5, 5.41) is 8.28. The van der Waals surface area contributed by atoms with Crippen LogP contribution in [0.15, 0.2) is 0 Å². The van der Waals surface area contributed by atoms with Gasteiger partial charge in [-0.2, -0.15) is 6.42 Å². The number of piperazine rings is 1. The van der Waals surface area contributed by atoms with Gasteiger partial charge in [-0.05, 0) is 7.05 Å². The molecule has 0 aromatic carbocycles. The van der Waals surface area contributed by atoms with E-state index in [1.807, 2.05) is 0 Å². The minimum absolute atomic E-state index is 0. The third kappa shape index (κ3) is 12.0. The monoisotopic (exact) mass is 246 g/mol. The van der Waals surface area contributed by atoms with Crippen LogP contribution in [0.5, 0.6) is 0 Å². The third-order valence-electron chi connectivity index (χ3n) is 2.45. The van der Waals surface area contributed by atoms with Crippen LogP contribution < -0.4 is 18.9 Å². The van der Waals surface area contributed by atoms with Crippen LogP contribution in [0.3, 0.4) is 0 Å². The van der Waals surface area contributed by atoms with Gasteiger partial charge in [0, 0.05) is 32.1 Å². The van der Waals surface area contributed by atoms with Crippen LogP contribution in [0.4, 0.5) is 0 Å². The van der Waals surface area contributed by atoms with E-state index in [2.05, 4.69) is 42.5 Å². The molecule has 0 aromatic heterocycles. The van der Waals surface area contributed by atoms with Gasteiger partial charge in [0.1, 0.15) is 0 Å². The smallest absolute Gasteiger partial charge is 0.472 e. The SMILES string of the molecule is CN1CCN(CC#CC(=O)O)CC1.[CH2-]CCC.[Li+]. The molecular formula is C13H23LiN2O2. The average molecular weight is 246 g/mol. The topological polar surface area (TPSA) is 43.8 Å². The molecule has 1 aliphatic rings. The minimum atomic E-state index is -1.05. The first kappa shape index (κ1) is 19.9. The normalized spacial score (nSPS) is 15.5. The molecule has 0 aromatic rings. The second-order valence-electron chi connectivity index (χ2n) is 4.04. The van der Waals surface area contributed by atoms with E-state index < -0.39 is 5.97 Å². The van der Waals surface area contributed by atoms with Crippen LogP contribution in [0.25, 0.3) is 0 Å². The zero-order valence-electron chi connectivity index (χ0n) is 11.9. The van der Waals surface area contributed by atoms with Gasteiger partial charge in [-0.25, -0.2) is 4.79 Å².